The molecule has 3 N–H and O–H groups in total. The van der Waals surface area contributed by atoms with Crippen LogP contribution in [0, 0.1) is 0 Å². The van der Waals surface area contributed by atoms with E-state index in [9.17, 15) is 9.59 Å². The van der Waals surface area contributed by atoms with Gasteiger partial charge in [-0.15, -0.1) is 0 Å². The van der Waals surface area contributed by atoms with E-state index < -0.39 is 17.4 Å². The zero-order chi connectivity index (χ0) is 11.1. The van der Waals surface area contributed by atoms with Crippen molar-refractivity contribution in [2.45, 2.75) is 12.5 Å². The second-order valence-corrected chi connectivity index (χ2v) is 3.45. The summed E-state index contributed by atoms with van der Waals surface area (Å²) in [6, 6.07) is 6.86. The van der Waals surface area contributed by atoms with Gasteiger partial charge >= 0.3 is 0 Å². The number of anilines is 1. The van der Waals surface area contributed by atoms with E-state index >= 15 is 0 Å². The number of benzene rings is 1. The van der Waals surface area contributed by atoms with Crippen molar-refractivity contribution in [2.75, 3.05) is 5.32 Å². The van der Waals surface area contributed by atoms with E-state index in [0.717, 1.165) is 0 Å². The van der Waals surface area contributed by atoms with Gasteiger partial charge < -0.3 is 15.8 Å². The molecule has 0 saturated heterocycles. The van der Waals surface area contributed by atoms with Crippen LogP contribution in [0.2, 0.25) is 0 Å². The van der Waals surface area contributed by atoms with Crippen LogP contribution in [-0.4, -0.2) is 17.4 Å². The SMILES string of the molecule is C[C@@]1(C(N)=O)Oc2ccccc2NC1=O. The van der Waals surface area contributed by atoms with Crippen LogP contribution < -0.4 is 15.8 Å². The molecule has 2 rings (SSSR count). The highest BCUT2D eigenvalue weighted by Crippen LogP contribution is 2.32. The van der Waals surface area contributed by atoms with Gasteiger partial charge in [-0.1, -0.05) is 12.1 Å². The predicted molar refractivity (Wildman–Crippen MR) is 53.3 cm³/mol. The molecule has 0 unspecified atom stereocenters. The Morgan fingerprint density at radius 3 is 2.80 bits per heavy atom. The van der Waals surface area contributed by atoms with Crippen molar-refractivity contribution in [3.05, 3.63) is 24.3 Å². The summed E-state index contributed by atoms with van der Waals surface area (Å²) < 4.78 is 5.31. The molecular formula is C10H10N2O3. The summed E-state index contributed by atoms with van der Waals surface area (Å²) in [6.07, 6.45) is 0. The average molecular weight is 206 g/mol. The summed E-state index contributed by atoms with van der Waals surface area (Å²) in [5, 5.41) is 2.57. The van der Waals surface area contributed by atoms with E-state index in [1.807, 2.05) is 0 Å². The molecule has 0 fully saturated rings. The Labute approximate surface area is 86.2 Å². The first-order chi connectivity index (χ1) is 7.04. The molecule has 0 bridgehead atoms. The summed E-state index contributed by atoms with van der Waals surface area (Å²) in [6.45, 7) is 1.35. The van der Waals surface area contributed by atoms with Gasteiger partial charge in [-0.05, 0) is 19.1 Å². The van der Waals surface area contributed by atoms with Crippen molar-refractivity contribution >= 4 is 17.5 Å². The molecule has 1 aromatic rings. The van der Waals surface area contributed by atoms with Crippen LogP contribution in [0.4, 0.5) is 5.69 Å². The molecule has 0 aliphatic carbocycles. The summed E-state index contributed by atoms with van der Waals surface area (Å²) in [5.74, 6) is -0.915. The largest absolute Gasteiger partial charge is 0.466 e. The molecule has 0 saturated carbocycles. The molecule has 1 aromatic carbocycles. The molecule has 78 valence electrons. The minimum atomic E-state index is -1.63. The van der Waals surface area contributed by atoms with Crippen molar-refractivity contribution < 1.29 is 14.3 Å². The fraction of sp³-hybridized carbons (Fsp3) is 0.200. The first-order valence-corrected chi connectivity index (χ1v) is 4.43. The van der Waals surface area contributed by atoms with Crippen LogP contribution >= 0.6 is 0 Å². The maximum absolute atomic E-state index is 11.6. The van der Waals surface area contributed by atoms with Gasteiger partial charge in [0.25, 0.3) is 17.4 Å². The molecule has 1 heterocycles. The third-order valence-electron chi connectivity index (χ3n) is 2.35. The topological polar surface area (TPSA) is 81.4 Å². The number of para-hydroxylation sites is 2. The van der Waals surface area contributed by atoms with Gasteiger partial charge in [-0.2, -0.15) is 0 Å². The summed E-state index contributed by atoms with van der Waals surface area (Å²) >= 11 is 0. The smallest absolute Gasteiger partial charge is 0.278 e. The van der Waals surface area contributed by atoms with Crippen LogP contribution in [0.25, 0.3) is 0 Å². The number of hydrogen-bond acceptors (Lipinski definition) is 3. The number of amides is 2. The Bertz CT molecular complexity index is 444. The van der Waals surface area contributed by atoms with Gasteiger partial charge in [0, 0.05) is 0 Å². The predicted octanol–water partition coefficient (Wildman–Crippen LogP) is 0.261. The standard InChI is InChI=1S/C10H10N2O3/c1-10(8(11)13)9(14)12-6-4-2-3-5-7(6)15-10/h2-5H,1H3,(H2,11,13)(H,12,14)/t10-/m0/s1. The van der Waals surface area contributed by atoms with E-state index in [2.05, 4.69) is 5.32 Å². The quantitative estimate of drug-likeness (QED) is 0.647. The molecule has 0 radical (unpaired) electrons. The first-order valence-electron chi connectivity index (χ1n) is 4.43. The molecular weight excluding hydrogens is 196 g/mol. The van der Waals surface area contributed by atoms with E-state index in [-0.39, 0.29) is 0 Å². The number of rotatable bonds is 1. The summed E-state index contributed by atoms with van der Waals surface area (Å²) in [4.78, 5) is 22.7. The number of hydrogen-bond donors (Lipinski definition) is 2. The third kappa shape index (κ3) is 1.32. The number of carbonyl (C=O) groups is 2. The number of fused-ring (bicyclic) bond motifs is 1. The van der Waals surface area contributed by atoms with Gasteiger partial charge in [0.2, 0.25) is 0 Å². The molecule has 5 nitrogen and oxygen atoms in total. The lowest BCUT2D eigenvalue weighted by Gasteiger charge is -2.31. The Morgan fingerprint density at radius 2 is 2.13 bits per heavy atom. The maximum atomic E-state index is 11.6. The monoisotopic (exact) mass is 206 g/mol. The van der Waals surface area contributed by atoms with Crippen molar-refractivity contribution in [2.24, 2.45) is 5.73 Å². The van der Waals surface area contributed by atoms with Gasteiger partial charge in [0.1, 0.15) is 5.75 Å². The molecule has 15 heavy (non-hydrogen) atoms. The second kappa shape index (κ2) is 2.98. The molecule has 1 aliphatic heterocycles. The lowest BCUT2D eigenvalue weighted by Crippen LogP contribution is -2.57. The van der Waals surface area contributed by atoms with Crippen LogP contribution in [0.3, 0.4) is 0 Å². The van der Waals surface area contributed by atoms with Crippen LogP contribution in [0.15, 0.2) is 24.3 Å². The fourth-order valence-corrected chi connectivity index (χ4v) is 1.33. The number of carbonyl (C=O) groups excluding carboxylic acids is 2. The maximum Gasteiger partial charge on any atom is 0.278 e. The van der Waals surface area contributed by atoms with Gasteiger partial charge in [-0.3, -0.25) is 9.59 Å². The third-order valence-corrected chi connectivity index (χ3v) is 2.35. The Hall–Kier alpha value is -2.04. The fourth-order valence-electron chi connectivity index (χ4n) is 1.33. The molecule has 1 atom stereocenters. The van der Waals surface area contributed by atoms with Crippen molar-refractivity contribution in [1.29, 1.82) is 0 Å². The van der Waals surface area contributed by atoms with Gasteiger partial charge in [0.05, 0.1) is 5.69 Å². The summed E-state index contributed by atoms with van der Waals surface area (Å²) in [7, 11) is 0. The minimum Gasteiger partial charge on any atom is -0.466 e. The van der Waals surface area contributed by atoms with Crippen LogP contribution in [-0.2, 0) is 9.59 Å². The molecule has 1 aliphatic rings. The normalized spacial score (nSPS) is 23.7. The highest BCUT2D eigenvalue weighted by Gasteiger charge is 2.45. The Morgan fingerprint density at radius 1 is 1.47 bits per heavy atom. The number of primary amides is 1. The van der Waals surface area contributed by atoms with Crippen molar-refractivity contribution in [3.63, 3.8) is 0 Å². The lowest BCUT2D eigenvalue weighted by atomic mass is 10.0. The lowest BCUT2D eigenvalue weighted by molar-refractivity contribution is -0.144. The second-order valence-electron chi connectivity index (χ2n) is 3.45. The number of ether oxygens (including phenoxy) is 1. The van der Waals surface area contributed by atoms with Crippen LogP contribution in [0.5, 0.6) is 5.75 Å². The Kier molecular flexibility index (Phi) is 1.89. The van der Waals surface area contributed by atoms with Crippen molar-refractivity contribution in [1.82, 2.24) is 0 Å². The average Bonchev–Trinajstić information content (AvgIpc) is 2.19. The summed E-state index contributed by atoms with van der Waals surface area (Å²) in [5.41, 5.74) is 4.04. The van der Waals surface area contributed by atoms with E-state index in [0.29, 0.717) is 11.4 Å². The van der Waals surface area contributed by atoms with E-state index in [1.54, 1.807) is 24.3 Å². The van der Waals surface area contributed by atoms with Crippen LogP contribution in [0.1, 0.15) is 6.92 Å². The van der Waals surface area contributed by atoms with Gasteiger partial charge in [-0.25, -0.2) is 0 Å². The minimum absolute atomic E-state index is 0.443. The molecule has 0 aromatic heterocycles. The van der Waals surface area contributed by atoms with Gasteiger partial charge in [0.15, 0.2) is 0 Å². The van der Waals surface area contributed by atoms with E-state index in [1.165, 1.54) is 6.92 Å². The molecule has 0 spiro atoms. The highest BCUT2D eigenvalue weighted by molar-refractivity contribution is 6.14. The highest BCUT2D eigenvalue weighted by atomic mass is 16.5. The van der Waals surface area contributed by atoms with Crippen molar-refractivity contribution in [3.8, 4) is 5.75 Å². The zero-order valence-corrected chi connectivity index (χ0v) is 8.11. The molecule has 2 amide bonds. The first kappa shape index (κ1) is 9.51. The van der Waals surface area contributed by atoms with E-state index in [4.69, 9.17) is 10.5 Å². The zero-order valence-electron chi connectivity index (χ0n) is 8.11. The molecule has 5 heteroatoms. The Balaban J connectivity index is 2.46. The number of nitrogens with one attached hydrogen (secondary N) is 1. The number of nitrogens with two attached hydrogens (primary N) is 1.